The molecule has 2 heterocycles. The van der Waals surface area contributed by atoms with Crippen molar-refractivity contribution in [2.75, 3.05) is 0 Å². The van der Waals surface area contributed by atoms with Gasteiger partial charge < -0.3 is 5.32 Å². The van der Waals surface area contributed by atoms with E-state index < -0.39 is 0 Å². The second-order valence-corrected chi connectivity index (χ2v) is 7.98. The lowest BCUT2D eigenvalue weighted by atomic mass is 9.92. The first kappa shape index (κ1) is 18.5. The first-order valence-electron chi connectivity index (χ1n) is 10.0. The summed E-state index contributed by atoms with van der Waals surface area (Å²) in [7, 11) is 0. The number of aromatic nitrogens is 4. The van der Waals surface area contributed by atoms with E-state index in [1.807, 2.05) is 30.5 Å². The van der Waals surface area contributed by atoms with Gasteiger partial charge >= 0.3 is 0 Å². The number of hydrogen-bond acceptors (Lipinski definition) is 3. The highest BCUT2D eigenvalue weighted by Crippen LogP contribution is 2.30. The number of amides is 1. The molecule has 1 unspecified atom stereocenters. The topological polar surface area (TPSA) is 75.6 Å². The maximum Gasteiger partial charge on any atom is 0.272 e. The van der Waals surface area contributed by atoms with E-state index >= 15 is 0 Å². The molecule has 0 bridgehead atoms. The molecule has 6 heteroatoms. The Morgan fingerprint density at radius 1 is 1.32 bits per heavy atom. The molecule has 0 saturated carbocycles. The van der Waals surface area contributed by atoms with Crippen LogP contribution in [0, 0.1) is 5.92 Å². The Labute approximate surface area is 165 Å². The fourth-order valence-corrected chi connectivity index (χ4v) is 3.92. The molecule has 0 radical (unpaired) electrons. The number of nitrogens with one attached hydrogen (secondary N) is 2. The number of carbonyl (C=O) groups is 1. The molecular formula is C22H27N5O. The monoisotopic (exact) mass is 377 g/mol. The van der Waals surface area contributed by atoms with Crippen LogP contribution in [0.15, 0.2) is 42.6 Å². The highest BCUT2D eigenvalue weighted by Gasteiger charge is 2.26. The van der Waals surface area contributed by atoms with Crippen LogP contribution in [0.5, 0.6) is 0 Å². The van der Waals surface area contributed by atoms with E-state index in [2.05, 4.69) is 51.3 Å². The largest absolute Gasteiger partial charge is 0.344 e. The molecule has 1 aliphatic rings. The third kappa shape index (κ3) is 4.01. The smallest absolute Gasteiger partial charge is 0.272 e. The average molecular weight is 377 g/mol. The van der Waals surface area contributed by atoms with Gasteiger partial charge in [-0.15, -0.1) is 0 Å². The summed E-state index contributed by atoms with van der Waals surface area (Å²) in [6, 6.07) is 12.2. The molecule has 0 fully saturated rings. The molecule has 1 atom stereocenters. The van der Waals surface area contributed by atoms with Gasteiger partial charge in [0.25, 0.3) is 5.91 Å². The molecule has 0 spiro atoms. The third-order valence-electron chi connectivity index (χ3n) is 5.23. The van der Waals surface area contributed by atoms with E-state index in [9.17, 15) is 4.79 Å². The molecule has 2 N–H and O–H groups in total. The van der Waals surface area contributed by atoms with E-state index in [4.69, 9.17) is 0 Å². The van der Waals surface area contributed by atoms with Crippen LogP contribution >= 0.6 is 0 Å². The van der Waals surface area contributed by atoms with Crippen LogP contribution in [-0.2, 0) is 19.4 Å². The summed E-state index contributed by atoms with van der Waals surface area (Å²) in [5.41, 5.74) is 5.05. The Kier molecular flexibility index (Phi) is 5.28. The van der Waals surface area contributed by atoms with Crippen LogP contribution in [0.3, 0.4) is 0 Å². The maximum atomic E-state index is 12.7. The van der Waals surface area contributed by atoms with E-state index in [1.165, 1.54) is 11.3 Å². The second kappa shape index (κ2) is 8.00. The van der Waals surface area contributed by atoms with Crippen LogP contribution in [0.2, 0.25) is 0 Å². The number of rotatable bonds is 6. The van der Waals surface area contributed by atoms with Gasteiger partial charge in [0.05, 0.1) is 18.8 Å². The fraction of sp³-hybridized carbons (Fsp3) is 0.409. The molecule has 6 nitrogen and oxygen atoms in total. The van der Waals surface area contributed by atoms with E-state index in [0.29, 0.717) is 11.6 Å². The Hall–Kier alpha value is -2.89. The second-order valence-electron chi connectivity index (χ2n) is 7.98. The molecule has 1 aromatic carbocycles. The van der Waals surface area contributed by atoms with Crippen molar-refractivity contribution in [2.24, 2.45) is 5.92 Å². The van der Waals surface area contributed by atoms with Gasteiger partial charge in [-0.25, -0.2) is 0 Å². The van der Waals surface area contributed by atoms with Crippen molar-refractivity contribution in [2.45, 2.75) is 52.1 Å². The van der Waals surface area contributed by atoms with Gasteiger partial charge in [-0.3, -0.25) is 14.6 Å². The first-order chi connectivity index (χ1) is 13.6. The molecule has 3 aromatic rings. The summed E-state index contributed by atoms with van der Waals surface area (Å²) < 4.78 is 2.07. The zero-order chi connectivity index (χ0) is 19.5. The third-order valence-corrected chi connectivity index (χ3v) is 5.23. The average Bonchev–Trinajstić information content (AvgIpc) is 3.30. The molecule has 1 amide bonds. The number of carbonyl (C=O) groups excluding carboxylic acids is 1. The van der Waals surface area contributed by atoms with E-state index in [-0.39, 0.29) is 11.9 Å². The van der Waals surface area contributed by atoms with E-state index in [1.54, 1.807) is 0 Å². The quantitative estimate of drug-likeness (QED) is 0.688. The lowest BCUT2D eigenvalue weighted by Crippen LogP contribution is -2.31. The SMILES string of the molecule is CC(C)Cc1cc(C(=O)NC2CCCc3c2cnn3Cc2ccccc2)n[nH]1. The van der Waals surface area contributed by atoms with Crippen molar-refractivity contribution in [3.8, 4) is 0 Å². The Balaban J connectivity index is 1.47. The van der Waals surface area contributed by atoms with Gasteiger partial charge in [0.2, 0.25) is 0 Å². The molecule has 4 rings (SSSR count). The van der Waals surface area contributed by atoms with Gasteiger partial charge in [-0.05, 0) is 43.2 Å². The Morgan fingerprint density at radius 3 is 2.93 bits per heavy atom. The molecule has 146 valence electrons. The highest BCUT2D eigenvalue weighted by molar-refractivity contribution is 5.92. The lowest BCUT2D eigenvalue weighted by molar-refractivity contribution is 0.0927. The van der Waals surface area contributed by atoms with Crippen LogP contribution in [0.4, 0.5) is 0 Å². The summed E-state index contributed by atoms with van der Waals surface area (Å²) in [5.74, 6) is 0.396. The molecule has 1 aliphatic carbocycles. The fourth-order valence-electron chi connectivity index (χ4n) is 3.92. The van der Waals surface area contributed by atoms with Crippen LogP contribution in [0.1, 0.15) is 65.7 Å². The normalized spacial score (nSPS) is 16.2. The number of aromatic amines is 1. The summed E-state index contributed by atoms with van der Waals surface area (Å²) in [6.45, 7) is 5.06. The predicted octanol–water partition coefficient (Wildman–Crippen LogP) is 3.66. The standard InChI is InChI=1S/C22H27N5O/c1-15(2)11-17-12-20(26-25-17)22(28)24-19-9-6-10-21-18(19)13-23-27(21)14-16-7-4-3-5-8-16/h3-5,7-8,12-13,15,19H,6,9-11,14H2,1-2H3,(H,24,28)(H,25,26). The van der Waals surface area contributed by atoms with Crippen molar-refractivity contribution < 1.29 is 4.79 Å². The van der Waals surface area contributed by atoms with Gasteiger partial charge in [-0.1, -0.05) is 44.2 Å². The predicted molar refractivity (Wildman–Crippen MR) is 108 cm³/mol. The summed E-state index contributed by atoms with van der Waals surface area (Å²) >= 11 is 0. The minimum atomic E-state index is -0.125. The Bertz CT molecular complexity index is 941. The van der Waals surface area contributed by atoms with E-state index in [0.717, 1.165) is 43.5 Å². The zero-order valence-electron chi connectivity index (χ0n) is 16.5. The summed E-state index contributed by atoms with van der Waals surface area (Å²) in [5, 5.41) is 14.9. The van der Waals surface area contributed by atoms with Gasteiger partial charge in [0.15, 0.2) is 0 Å². The zero-order valence-corrected chi connectivity index (χ0v) is 16.5. The highest BCUT2D eigenvalue weighted by atomic mass is 16.2. The van der Waals surface area contributed by atoms with Gasteiger partial charge in [0.1, 0.15) is 5.69 Å². The molecular weight excluding hydrogens is 350 g/mol. The van der Waals surface area contributed by atoms with Crippen LogP contribution in [-0.4, -0.2) is 25.9 Å². The number of nitrogens with zero attached hydrogens (tertiary/aromatic N) is 3. The van der Waals surface area contributed by atoms with Crippen molar-refractivity contribution >= 4 is 5.91 Å². The molecule has 0 aliphatic heterocycles. The molecule has 28 heavy (non-hydrogen) atoms. The maximum absolute atomic E-state index is 12.7. The Morgan fingerprint density at radius 2 is 2.14 bits per heavy atom. The number of H-pyrrole nitrogens is 1. The minimum absolute atomic E-state index is 0.00831. The lowest BCUT2D eigenvalue weighted by Gasteiger charge is -2.24. The van der Waals surface area contributed by atoms with Crippen molar-refractivity contribution in [1.29, 1.82) is 0 Å². The first-order valence-corrected chi connectivity index (χ1v) is 10.0. The number of benzene rings is 1. The summed E-state index contributed by atoms with van der Waals surface area (Å²) in [4.78, 5) is 12.7. The molecule has 2 aromatic heterocycles. The minimum Gasteiger partial charge on any atom is -0.344 e. The summed E-state index contributed by atoms with van der Waals surface area (Å²) in [6.07, 6.45) is 5.77. The van der Waals surface area contributed by atoms with Crippen molar-refractivity contribution in [3.63, 3.8) is 0 Å². The van der Waals surface area contributed by atoms with Crippen LogP contribution < -0.4 is 5.32 Å². The van der Waals surface area contributed by atoms with Crippen molar-refractivity contribution in [3.05, 3.63) is 70.8 Å². The van der Waals surface area contributed by atoms with Gasteiger partial charge in [-0.2, -0.15) is 10.2 Å². The molecule has 0 saturated heterocycles. The number of fused-ring (bicyclic) bond motifs is 1. The van der Waals surface area contributed by atoms with Crippen LogP contribution in [0.25, 0.3) is 0 Å². The number of hydrogen-bond donors (Lipinski definition) is 2. The van der Waals surface area contributed by atoms with Crippen molar-refractivity contribution in [1.82, 2.24) is 25.3 Å². The van der Waals surface area contributed by atoms with Gasteiger partial charge in [0, 0.05) is 17.0 Å².